The second-order valence-corrected chi connectivity index (χ2v) is 8.03. The molecule has 0 bridgehead atoms. The van der Waals surface area contributed by atoms with Crippen molar-refractivity contribution in [1.29, 1.82) is 0 Å². The Balaban J connectivity index is 1.95. The molecule has 150 valence electrons. The van der Waals surface area contributed by atoms with Crippen LogP contribution in [-0.4, -0.2) is 47.7 Å². The SMILES string of the molecule is COc1c(C)cnc(CNC(=O)C2CCCN(C(=O)OC(C)(C)C)C2)c1C. The van der Waals surface area contributed by atoms with E-state index in [1.165, 1.54) is 0 Å². The molecular weight excluding hydrogens is 346 g/mol. The van der Waals surface area contributed by atoms with Gasteiger partial charge in [0.05, 0.1) is 25.3 Å². The van der Waals surface area contributed by atoms with Crippen LogP contribution in [0.4, 0.5) is 4.79 Å². The van der Waals surface area contributed by atoms with Crippen LogP contribution < -0.4 is 10.1 Å². The van der Waals surface area contributed by atoms with Gasteiger partial charge in [0.25, 0.3) is 0 Å². The third-order valence-electron chi connectivity index (χ3n) is 4.62. The van der Waals surface area contributed by atoms with Gasteiger partial charge in [-0.25, -0.2) is 4.79 Å². The van der Waals surface area contributed by atoms with Gasteiger partial charge in [0.2, 0.25) is 5.91 Å². The zero-order valence-corrected chi connectivity index (χ0v) is 17.2. The Labute approximate surface area is 161 Å². The van der Waals surface area contributed by atoms with Crippen LogP contribution in [0.3, 0.4) is 0 Å². The smallest absolute Gasteiger partial charge is 0.410 e. The van der Waals surface area contributed by atoms with E-state index in [1.807, 2.05) is 34.6 Å². The molecule has 7 nitrogen and oxygen atoms in total. The van der Waals surface area contributed by atoms with E-state index < -0.39 is 5.60 Å². The topological polar surface area (TPSA) is 80.8 Å². The van der Waals surface area contributed by atoms with Crippen LogP contribution in [0.2, 0.25) is 0 Å². The van der Waals surface area contributed by atoms with Crippen LogP contribution in [0.15, 0.2) is 6.20 Å². The predicted octanol–water partition coefficient (Wildman–Crippen LogP) is 2.97. The molecule has 1 atom stereocenters. The molecule has 2 amide bonds. The van der Waals surface area contributed by atoms with Crippen molar-refractivity contribution in [2.45, 2.75) is 59.6 Å². The van der Waals surface area contributed by atoms with Gasteiger partial charge in [-0.15, -0.1) is 0 Å². The number of nitrogens with one attached hydrogen (secondary N) is 1. The molecule has 0 spiro atoms. The maximum Gasteiger partial charge on any atom is 0.410 e. The van der Waals surface area contributed by atoms with Crippen molar-refractivity contribution in [3.63, 3.8) is 0 Å². The van der Waals surface area contributed by atoms with Crippen LogP contribution in [0.1, 0.15) is 50.4 Å². The van der Waals surface area contributed by atoms with E-state index in [-0.39, 0.29) is 17.9 Å². The molecule has 27 heavy (non-hydrogen) atoms. The maximum atomic E-state index is 12.6. The van der Waals surface area contributed by atoms with Gasteiger partial charge in [-0.1, -0.05) is 0 Å². The van der Waals surface area contributed by atoms with E-state index in [0.29, 0.717) is 19.6 Å². The standard InChI is InChI=1S/C20H31N3O4/c1-13-10-21-16(14(2)17(13)26-6)11-22-18(24)15-8-7-9-23(12-15)19(25)27-20(3,4)5/h10,15H,7-9,11-12H2,1-6H3,(H,22,24). The first-order valence-electron chi connectivity index (χ1n) is 9.37. The molecule has 1 saturated heterocycles. The van der Waals surface area contributed by atoms with Crippen LogP contribution in [0, 0.1) is 19.8 Å². The Hall–Kier alpha value is -2.31. The number of carbonyl (C=O) groups excluding carboxylic acids is 2. The molecule has 1 aliphatic heterocycles. The molecule has 1 unspecified atom stereocenters. The second-order valence-electron chi connectivity index (χ2n) is 8.03. The molecule has 1 aromatic rings. The minimum Gasteiger partial charge on any atom is -0.496 e. The number of amides is 2. The number of carbonyl (C=O) groups is 2. The average molecular weight is 377 g/mol. The van der Waals surface area contributed by atoms with Gasteiger partial charge in [0, 0.05) is 30.4 Å². The summed E-state index contributed by atoms with van der Waals surface area (Å²) in [7, 11) is 1.63. The Bertz CT molecular complexity index is 697. The van der Waals surface area contributed by atoms with E-state index in [0.717, 1.165) is 35.4 Å². The highest BCUT2D eigenvalue weighted by Crippen LogP contribution is 2.24. The summed E-state index contributed by atoms with van der Waals surface area (Å²) in [5.74, 6) is 0.492. The molecule has 7 heteroatoms. The maximum absolute atomic E-state index is 12.6. The van der Waals surface area contributed by atoms with Crippen molar-refractivity contribution < 1.29 is 19.1 Å². The molecule has 2 heterocycles. The quantitative estimate of drug-likeness (QED) is 0.872. The number of methoxy groups -OCH3 is 1. The molecule has 1 aromatic heterocycles. The fourth-order valence-corrected chi connectivity index (χ4v) is 3.25. The monoisotopic (exact) mass is 377 g/mol. The Morgan fingerprint density at radius 2 is 2.04 bits per heavy atom. The highest BCUT2D eigenvalue weighted by atomic mass is 16.6. The van der Waals surface area contributed by atoms with Crippen molar-refractivity contribution in [2.24, 2.45) is 5.92 Å². The molecule has 1 fully saturated rings. The fraction of sp³-hybridized carbons (Fsp3) is 0.650. The van der Waals surface area contributed by atoms with Crippen molar-refractivity contribution in [3.8, 4) is 5.75 Å². The predicted molar refractivity (Wildman–Crippen MR) is 103 cm³/mol. The minimum absolute atomic E-state index is 0.0657. The fourth-order valence-electron chi connectivity index (χ4n) is 3.25. The van der Waals surface area contributed by atoms with Crippen LogP contribution in [0.25, 0.3) is 0 Å². The molecule has 1 N–H and O–H groups in total. The Morgan fingerprint density at radius 1 is 1.33 bits per heavy atom. The third kappa shape index (κ3) is 5.58. The number of rotatable bonds is 4. The molecular formula is C20H31N3O4. The Morgan fingerprint density at radius 3 is 2.67 bits per heavy atom. The zero-order chi connectivity index (χ0) is 20.2. The third-order valence-corrected chi connectivity index (χ3v) is 4.62. The van der Waals surface area contributed by atoms with Crippen molar-refractivity contribution in [2.75, 3.05) is 20.2 Å². The summed E-state index contributed by atoms with van der Waals surface area (Å²) in [5.41, 5.74) is 2.13. The second kappa shape index (κ2) is 8.59. The number of aryl methyl sites for hydroxylation is 1. The molecule has 0 aliphatic carbocycles. The number of ether oxygens (including phenoxy) is 2. The average Bonchev–Trinajstić information content (AvgIpc) is 2.60. The van der Waals surface area contributed by atoms with Gasteiger partial charge in [-0.3, -0.25) is 9.78 Å². The molecule has 0 aromatic carbocycles. The zero-order valence-electron chi connectivity index (χ0n) is 17.2. The number of hydrogen-bond acceptors (Lipinski definition) is 5. The van der Waals surface area contributed by atoms with Gasteiger partial charge < -0.3 is 19.7 Å². The highest BCUT2D eigenvalue weighted by molar-refractivity contribution is 5.80. The van der Waals surface area contributed by atoms with Crippen molar-refractivity contribution in [3.05, 3.63) is 23.0 Å². The first kappa shape index (κ1) is 21.0. The number of aromatic nitrogens is 1. The summed E-state index contributed by atoms with van der Waals surface area (Å²) in [6.07, 6.45) is 2.93. The largest absolute Gasteiger partial charge is 0.496 e. The summed E-state index contributed by atoms with van der Waals surface area (Å²) in [4.78, 5) is 30.9. The van der Waals surface area contributed by atoms with Crippen LogP contribution >= 0.6 is 0 Å². The normalized spacial score (nSPS) is 17.4. The number of piperidine rings is 1. The van der Waals surface area contributed by atoms with Crippen LogP contribution in [0.5, 0.6) is 5.75 Å². The molecule has 2 rings (SSSR count). The van der Waals surface area contributed by atoms with E-state index in [2.05, 4.69) is 10.3 Å². The van der Waals surface area contributed by atoms with Gasteiger partial charge >= 0.3 is 6.09 Å². The van der Waals surface area contributed by atoms with E-state index in [4.69, 9.17) is 9.47 Å². The molecule has 0 radical (unpaired) electrons. The number of likely N-dealkylation sites (tertiary alicyclic amines) is 1. The number of nitrogens with zero attached hydrogens (tertiary/aromatic N) is 2. The van der Waals surface area contributed by atoms with Gasteiger partial charge in [-0.2, -0.15) is 0 Å². The lowest BCUT2D eigenvalue weighted by Gasteiger charge is -2.33. The lowest BCUT2D eigenvalue weighted by molar-refractivity contribution is -0.126. The molecule has 1 aliphatic rings. The first-order chi connectivity index (χ1) is 12.6. The summed E-state index contributed by atoms with van der Waals surface area (Å²) < 4.78 is 10.8. The number of hydrogen-bond donors (Lipinski definition) is 1. The lowest BCUT2D eigenvalue weighted by atomic mass is 9.97. The molecule has 0 saturated carbocycles. The van der Waals surface area contributed by atoms with Crippen LogP contribution in [-0.2, 0) is 16.1 Å². The van der Waals surface area contributed by atoms with E-state index >= 15 is 0 Å². The summed E-state index contributed by atoms with van der Waals surface area (Å²) in [6, 6.07) is 0. The minimum atomic E-state index is -0.542. The van der Waals surface area contributed by atoms with Gasteiger partial charge in [0.1, 0.15) is 11.4 Å². The van der Waals surface area contributed by atoms with Crippen molar-refractivity contribution >= 4 is 12.0 Å². The summed E-state index contributed by atoms with van der Waals surface area (Å²) in [5, 5.41) is 2.95. The number of pyridine rings is 1. The summed E-state index contributed by atoms with van der Waals surface area (Å²) >= 11 is 0. The van der Waals surface area contributed by atoms with Crippen molar-refractivity contribution in [1.82, 2.24) is 15.2 Å². The lowest BCUT2D eigenvalue weighted by Crippen LogP contribution is -2.47. The first-order valence-corrected chi connectivity index (χ1v) is 9.37. The van der Waals surface area contributed by atoms with Gasteiger partial charge in [-0.05, 0) is 47.5 Å². The van der Waals surface area contributed by atoms with E-state index in [1.54, 1.807) is 18.2 Å². The highest BCUT2D eigenvalue weighted by Gasteiger charge is 2.31. The van der Waals surface area contributed by atoms with Gasteiger partial charge in [0.15, 0.2) is 0 Å². The Kier molecular flexibility index (Phi) is 6.68. The summed E-state index contributed by atoms with van der Waals surface area (Å²) in [6.45, 7) is 10.7. The van der Waals surface area contributed by atoms with E-state index in [9.17, 15) is 9.59 Å².